The lowest BCUT2D eigenvalue weighted by Crippen LogP contribution is -2.43. The number of carboxylic acids is 1. The standard InChI is InChI=1S/C26H37N3O6/c1-17(30)29-12-10-21(16-29)35-26(33)28-24(25(31)32)11-13-34-22-14-18(15-22)6-8-20-9-7-19-4-2-3-5-23(19)27-20/h7,9,18,21-22,24H,2-6,8,10-16H2,1H3,(H,28,33)(H,31,32)/t18?,21-,22?,24?/m0/s1. The molecule has 1 saturated carbocycles. The molecule has 2 amide bonds. The molecule has 0 radical (unpaired) electrons. The number of pyridine rings is 1. The third-order valence-corrected chi connectivity index (χ3v) is 7.45. The SMILES string of the molecule is CC(=O)N1CC[C@H](OC(=O)NC(CCOC2CC(CCc3ccc4c(n3)CCCC4)C2)C(=O)O)C1. The van der Waals surface area contributed by atoms with E-state index < -0.39 is 24.2 Å². The summed E-state index contributed by atoms with van der Waals surface area (Å²) in [6, 6.07) is 3.35. The number of aliphatic carboxylic acids is 1. The van der Waals surface area contributed by atoms with Gasteiger partial charge >= 0.3 is 12.1 Å². The van der Waals surface area contributed by atoms with Gasteiger partial charge in [-0.25, -0.2) is 9.59 Å². The van der Waals surface area contributed by atoms with E-state index in [0.29, 0.717) is 25.4 Å². The summed E-state index contributed by atoms with van der Waals surface area (Å²) in [6.45, 7) is 2.62. The van der Waals surface area contributed by atoms with Crippen molar-refractivity contribution in [2.45, 2.75) is 89.4 Å². The van der Waals surface area contributed by atoms with Gasteiger partial charge in [0.1, 0.15) is 12.1 Å². The highest BCUT2D eigenvalue weighted by molar-refractivity contribution is 5.80. The highest BCUT2D eigenvalue weighted by Gasteiger charge is 2.31. The lowest BCUT2D eigenvalue weighted by Gasteiger charge is -2.35. The van der Waals surface area contributed by atoms with Crippen LogP contribution in [0.3, 0.4) is 0 Å². The molecule has 9 nitrogen and oxygen atoms in total. The average Bonchev–Trinajstić information content (AvgIpc) is 3.27. The number of ether oxygens (including phenoxy) is 2. The van der Waals surface area contributed by atoms with E-state index in [1.54, 1.807) is 4.90 Å². The molecule has 3 aliphatic rings. The molecule has 2 aliphatic carbocycles. The van der Waals surface area contributed by atoms with E-state index in [1.807, 2.05) is 0 Å². The minimum absolute atomic E-state index is 0.0643. The van der Waals surface area contributed by atoms with Gasteiger partial charge in [0, 0.05) is 44.3 Å². The molecule has 2 atom stereocenters. The van der Waals surface area contributed by atoms with Crippen LogP contribution in [0.2, 0.25) is 0 Å². The topological polar surface area (TPSA) is 118 Å². The summed E-state index contributed by atoms with van der Waals surface area (Å²) >= 11 is 0. The lowest BCUT2D eigenvalue weighted by molar-refractivity contribution is -0.140. The molecule has 1 saturated heterocycles. The molecular formula is C26H37N3O6. The maximum atomic E-state index is 12.1. The molecule has 2 N–H and O–H groups in total. The second kappa shape index (κ2) is 11.8. The molecule has 2 fully saturated rings. The number of nitrogens with zero attached hydrogens (tertiary/aromatic N) is 2. The van der Waals surface area contributed by atoms with Crippen molar-refractivity contribution in [3.05, 3.63) is 29.1 Å². The Kier molecular flexibility index (Phi) is 8.59. The molecule has 1 aromatic heterocycles. The minimum Gasteiger partial charge on any atom is -0.480 e. The van der Waals surface area contributed by atoms with Gasteiger partial charge in [0.05, 0.1) is 12.6 Å². The summed E-state index contributed by atoms with van der Waals surface area (Å²) in [5, 5.41) is 11.9. The van der Waals surface area contributed by atoms with Crippen molar-refractivity contribution < 1.29 is 29.0 Å². The molecule has 35 heavy (non-hydrogen) atoms. The molecule has 4 rings (SSSR count). The van der Waals surface area contributed by atoms with Crippen LogP contribution in [-0.2, 0) is 38.3 Å². The number of hydrogen-bond donors (Lipinski definition) is 2. The Morgan fingerprint density at radius 3 is 2.74 bits per heavy atom. The number of nitrogens with one attached hydrogen (secondary N) is 1. The monoisotopic (exact) mass is 487 g/mol. The first-order chi connectivity index (χ1) is 16.9. The van der Waals surface area contributed by atoms with Gasteiger partial charge in [-0.2, -0.15) is 0 Å². The van der Waals surface area contributed by atoms with Crippen LogP contribution in [-0.4, -0.2) is 70.9 Å². The number of amides is 2. The van der Waals surface area contributed by atoms with Crippen LogP contribution in [0.4, 0.5) is 4.79 Å². The first kappa shape index (κ1) is 25.4. The smallest absolute Gasteiger partial charge is 0.408 e. The number of carbonyl (C=O) groups excluding carboxylic acids is 2. The fourth-order valence-corrected chi connectivity index (χ4v) is 5.21. The number of aryl methyl sites for hydroxylation is 3. The molecule has 2 heterocycles. The predicted octanol–water partition coefficient (Wildman–Crippen LogP) is 2.88. The molecule has 9 heteroatoms. The number of rotatable bonds is 10. The Balaban J connectivity index is 1.10. The maximum Gasteiger partial charge on any atom is 0.408 e. The van der Waals surface area contributed by atoms with Crippen LogP contribution in [0.5, 0.6) is 0 Å². The number of aromatic nitrogens is 1. The zero-order valence-electron chi connectivity index (χ0n) is 20.5. The van der Waals surface area contributed by atoms with Gasteiger partial charge < -0.3 is 24.8 Å². The van der Waals surface area contributed by atoms with Crippen molar-refractivity contribution in [3.8, 4) is 0 Å². The highest BCUT2D eigenvalue weighted by atomic mass is 16.6. The quantitative estimate of drug-likeness (QED) is 0.521. The third-order valence-electron chi connectivity index (χ3n) is 7.45. The molecule has 0 spiro atoms. The molecule has 0 aromatic carbocycles. The van der Waals surface area contributed by atoms with Crippen LogP contribution in [0.25, 0.3) is 0 Å². The first-order valence-corrected chi connectivity index (χ1v) is 12.9. The summed E-state index contributed by atoms with van der Waals surface area (Å²) < 4.78 is 11.1. The molecule has 1 aromatic rings. The van der Waals surface area contributed by atoms with E-state index in [1.165, 1.54) is 36.7 Å². The lowest BCUT2D eigenvalue weighted by atomic mass is 9.79. The van der Waals surface area contributed by atoms with Crippen LogP contribution < -0.4 is 5.32 Å². The Morgan fingerprint density at radius 1 is 1.20 bits per heavy atom. The van der Waals surface area contributed by atoms with Gasteiger partial charge in [-0.15, -0.1) is 0 Å². The van der Waals surface area contributed by atoms with Gasteiger partial charge in [0.25, 0.3) is 0 Å². The van der Waals surface area contributed by atoms with Gasteiger partial charge in [-0.1, -0.05) is 6.07 Å². The van der Waals surface area contributed by atoms with E-state index in [0.717, 1.165) is 38.5 Å². The Morgan fingerprint density at radius 2 is 2.00 bits per heavy atom. The summed E-state index contributed by atoms with van der Waals surface area (Å²) in [4.78, 5) is 41.5. The van der Waals surface area contributed by atoms with E-state index in [2.05, 4.69) is 17.4 Å². The highest BCUT2D eigenvalue weighted by Crippen LogP contribution is 2.34. The van der Waals surface area contributed by atoms with Crippen molar-refractivity contribution >= 4 is 18.0 Å². The maximum absolute atomic E-state index is 12.1. The number of likely N-dealkylation sites (tertiary alicyclic amines) is 1. The fraction of sp³-hybridized carbons (Fsp3) is 0.692. The first-order valence-electron chi connectivity index (χ1n) is 12.9. The Bertz CT molecular complexity index is 916. The molecule has 192 valence electrons. The van der Waals surface area contributed by atoms with Gasteiger partial charge in [-0.3, -0.25) is 9.78 Å². The normalized spacial score (nSPS) is 24.3. The number of carboxylic acid groups (broad SMARTS) is 1. The van der Waals surface area contributed by atoms with Gasteiger partial charge in [0.2, 0.25) is 5.91 Å². The molecular weight excluding hydrogens is 450 g/mol. The average molecular weight is 488 g/mol. The zero-order valence-corrected chi connectivity index (χ0v) is 20.5. The number of alkyl carbamates (subject to hydrolysis) is 1. The summed E-state index contributed by atoms with van der Waals surface area (Å²) in [5.74, 6) is -0.570. The summed E-state index contributed by atoms with van der Waals surface area (Å²) in [7, 11) is 0. The van der Waals surface area contributed by atoms with E-state index in [9.17, 15) is 19.5 Å². The largest absolute Gasteiger partial charge is 0.480 e. The van der Waals surface area contributed by atoms with Crippen molar-refractivity contribution in [3.63, 3.8) is 0 Å². The van der Waals surface area contributed by atoms with E-state index in [4.69, 9.17) is 14.5 Å². The van der Waals surface area contributed by atoms with Crippen molar-refractivity contribution in [2.24, 2.45) is 5.92 Å². The predicted molar refractivity (Wildman–Crippen MR) is 128 cm³/mol. The number of hydrogen-bond acceptors (Lipinski definition) is 6. The molecule has 1 aliphatic heterocycles. The third kappa shape index (κ3) is 7.16. The zero-order chi connectivity index (χ0) is 24.8. The van der Waals surface area contributed by atoms with E-state index >= 15 is 0 Å². The van der Waals surface area contributed by atoms with Crippen LogP contribution in [0.15, 0.2) is 12.1 Å². The summed E-state index contributed by atoms with van der Waals surface area (Å²) in [6.07, 6.45) is 8.51. The van der Waals surface area contributed by atoms with Crippen molar-refractivity contribution in [1.29, 1.82) is 0 Å². The number of carbonyl (C=O) groups is 3. The van der Waals surface area contributed by atoms with Crippen molar-refractivity contribution in [2.75, 3.05) is 19.7 Å². The molecule has 1 unspecified atom stereocenters. The van der Waals surface area contributed by atoms with E-state index in [-0.39, 0.29) is 25.0 Å². The van der Waals surface area contributed by atoms with Crippen LogP contribution >= 0.6 is 0 Å². The fourth-order valence-electron chi connectivity index (χ4n) is 5.21. The second-order valence-electron chi connectivity index (χ2n) is 10.1. The summed E-state index contributed by atoms with van der Waals surface area (Å²) in [5.41, 5.74) is 3.89. The van der Waals surface area contributed by atoms with Crippen LogP contribution in [0.1, 0.15) is 68.8 Å². The van der Waals surface area contributed by atoms with Crippen LogP contribution in [0, 0.1) is 5.92 Å². The second-order valence-corrected chi connectivity index (χ2v) is 10.1. The van der Waals surface area contributed by atoms with Crippen molar-refractivity contribution in [1.82, 2.24) is 15.2 Å². The minimum atomic E-state index is -1.12. The molecule has 0 bridgehead atoms. The number of fused-ring (bicyclic) bond motifs is 1. The Labute approximate surface area is 206 Å². The van der Waals surface area contributed by atoms with Gasteiger partial charge in [-0.05, 0) is 68.9 Å². The Hall–Kier alpha value is -2.68. The van der Waals surface area contributed by atoms with Gasteiger partial charge in [0.15, 0.2) is 0 Å².